The summed E-state index contributed by atoms with van der Waals surface area (Å²) in [6, 6.07) is 11.9. The van der Waals surface area contributed by atoms with Gasteiger partial charge < -0.3 is 22.3 Å². The molecule has 7 heteroatoms. The number of carbonyl (C=O) groups is 2. The second-order valence-electron chi connectivity index (χ2n) is 5.67. The summed E-state index contributed by atoms with van der Waals surface area (Å²) in [6.45, 7) is 1.75. The Labute approximate surface area is 161 Å². The van der Waals surface area contributed by atoms with Crippen molar-refractivity contribution in [3.05, 3.63) is 64.3 Å². The third-order valence-electron chi connectivity index (χ3n) is 4.16. The molecule has 136 valence electrons. The standard InChI is InChI=1S/C19H16ClNO4.ClH/c1-11-15(10-18(22)23)16-9-14(25-2)7-8-17(16)21(11)19(24)12-3-5-13(20)6-4-12;/h3-9H,10H2,1-2H3,(H,22,23);1H/p-1. The van der Waals surface area contributed by atoms with Gasteiger partial charge in [-0.2, -0.15) is 0 Å². The molecule has 0 aliphatic carbocycles. The maximum Gasteiger partial charge on any atom is 0.307 e. The summed E-state index contributed by atoms with van der Waals surface area (Å²) in [5, 5.41) is 10.5. The van der Waals surface area contributed by atoms with Crippen LogP contribution in [0.1, 0.15) is 21.6 Å². The molecule has 0 aliphatic heterocycles. The smallest absolute Gasteiger partial charge is 0.307 e. The van der Waals surface area contributed by atoms with Crippen molar-refractivity contribution >= 4 is 34.4 Å². The molecule has 5 nitrogen and oxygen atoms in total. The molecule has 0 bridgehead atoms. The lowest BCUT2D eigenvalue weighted by molar-refractivity contribution is -0.136. The molecule has 3 aromatic rings. The third kappa shape index (κ3) is 3.54. The van der Waals surface area contributed by atoms with E-state index in [0.717, 1.165) is 0 Å². The number of halogens is 2. The first kappa shape index (κ1) is 19.8. The highest BCUT2D eigenvalue weighted by molar-refractivity contribution is 6.30. The van der Waals surface area contributed by atoms with Crippen LogP contribution in [-0.2, 0) is 11.2 Å². The van der Waals surface area contributed by atoms with Gasteiger partial charge in [0.15, 0.2) is 0 Å². The van der Waals surface area contributed by atoms with Crippen LogP contribution in [0.4, 0.5) is 0 Å². The number of rotatable bonds is 4. The molecule has 1 heterocycles. The van der Waals surface area contributed by atoms with Crippen LogP contribution in [0, 0.1) is 6.92 Å². The molecule has 0 atom stereocenters. The predicted octanol–water partition coefficient (Wildman–Crippen LogP) is 0.931. The molecule has 0 aliphatic rings. The largest absolute Gasteiger partial charge is 1.00 e. The van der Waals surface area contributed by atoms with Gasteiger partial charge in [0, 0.05) is 21.7 Å². The Balaban J connectivity index is 0.00000243. The Morgan fingerprint density at radius 2 is 1.81 bits per heavy atom. The van der Waals surface area contributed by atoms with Gasteiger partial charge in [-0.3, -0.25) is 14.2 Å². The van der Waals surface area contributed by atoms with Crippen LogP contribution in [0.15, 0.2) is 42.5 Å². The minimum atomic E-state index is -0.955. The molecule has 0 radical (unpaired) electrons. The number of methoxy groups -OCH3 is 1. The van der Waals surface area contributed by atoms with Crippen molar-refractivity contribution in [3.8, 4) is 5.75 Å². The molecule has 0 spiro atoms. The molecule has 26 heavy (non-hydrogen) atoms. The first-order valence-electron chi connectivity index (χ1n) is 7.62. The van der Waals surface area contributed by atoms with Gasteiger partial charge in [0.25, 0.3) is 5.91 Å². The SMILES string of the molecule is COc1ccc2c(c1)c(CC(=O)O)c(C)n2C(=O)c1ccc(Cl)cc1.[Cl-]. The van der Waals surface area contributed by atoms with Crippen LogP contribution < -0.4 is 17.1 Å². The Bertz CT molecular complexity index is 977. The van der Waals surface area contributed by atoms with Crippen molar-refractivity contribution in [1.29, 1.82) is 0 Å². The van der Waals surface area contributed by atoms with Crippen molar-refractivity contribution in [1.82, 2.24) is 4.57 Å². The number of ether oxygens (including phenoxy) is 1. The number of aliphatic carboxylic acids is 1. The Morgan fingerprint density at radius 1 is 1.15 bits per heavy atom. The number of nitrogens with zero attached hydrogens (tertiary/aromatic N) is 1. The molecule has 2 aromatic carbocycles. The zero-order chi connectivity index (χ0) is 18.1. The van der Waals surface area contributed by atoms with Gasteiger partial charge in [-0.25, -0.2) is 0 Å². The van der Waals surface area contributed by atoms with Crippen molar-refractivity contribution in [2.45, 2.75) is 13.3 Å². The van der Waals surface area contributed by atoms with Crippen molar-refractivity contribution < 1.29 is 31.8 Å². The summed E-state index contributed by atoms with van der Waals surface area (Å²) in [6.07, 6.45) is -0.170. The van der Waals surface area contributed by atoms with E-state index in [0.29, 0.717) is 38.5 Å². The normalized spacial score (nSPS) is 10.4. The predicted molar refractivity (Wildman–Crippen MR) is 95.7 cm³/mol. The topological polar surface area (TPSA) is 68.5 Å². The van der Waals surface area contributed by atoms with E-state index in [4.69, 9.17) is 16.3 Å². The molecule has 0 unspecified atom stereocenters. The highest BCUT2D eigenvalue weighted by atomic mass is 35.5. The van der Waals surface area contributed by atoms with Crippen molar-refractivity contribution in [2.75, 3.05) is 7.11 Å². The van der Waals surface area contributed by atoms with E-state index in [1.807, 2.05) is 0 Å². The van der Waals surface area contributed by atoms with Crippen LogP contribution in [0.25, 0.3) is 10.9 Å². The number of carbonyl (C=O) groups excluding carboxylic acids is 1. The maximum atomic E-state index is 13.0. The average Bonchev–Trinajstić information content (AvgIpc) is 2.86. The zero-order valence-corrected chi connectivity index (χ0v) is 15.6. The van der Waals surface area contributed by atoms with E-state index >= 15 is 0 Å². The van der Waals surface area contributed by atoms with E-state index in [-0.39, 0.29) is 24.7 Å². The molecule has 0 saturated heterocycles. The lowest BCUT2D eigenvalue weighted by Gasteiger charge is -2.08. The zero-order valence-electron chi connectivity index (χ0n) is 14.1. The first-order chi connectivity index (χ1) is 11.9. The quantitative estimate of drug-likeness (QED) is 0.716. The number of carboxylic acid groups (broad SMARTS) is 1. The lowest BCUT2D eigenvalue weighted by Crippen LogP contribution is -3.00. The Morgan fingerprint density at radius 3 is 2.38 bits per heavy atom. The number of hydrogen-bond donors (Lipinski definition) is 1. The molecule has 0 fully saturated rings. The van der Waals surface area contributed by atoms with Crippen LogP contribution in [0.2, 0.25) is 5.02 Å². The number of aromatic nitrogens is 1. The van der Waals surface area contributed by atoms with Crippen LogP contribution in [0.5, 0.6) is 5.75 Å². The molecule has 0 saturated carbocycles. The summed E-state index contributed by atoms with van der Waals surface area (Å²) < 4.78 is 6.77. The lowest BCUT2D eigenvalue weighted by atomic mass is 10.1. The summed E-state index contributed by atoms with van der Waals surface area (Å²) >= 11 is 5.89. The molecule has 1 aromatic heterocycles. The Kier molecular flexibility index (Phi) is 5.95. The Hall–Kier alpha value is -2.50. The van der Waals surface area contributed by atoms with Gasteiger partial charge in [-0.15, -0.1) is 0 Å². The van der Waals surface area contributed by atoms with Crippen LogP contribution in [-0.4, -0.2) is 28.7 Å². The molecular formula is C19H16Cl2NO4-. The maximum absolute atomic E-state index is 13.0. The number of benzene rings is 2. The monoisotopic (exact) mass is 392 g/mol. The fourth-order valence-corrected chi connectivity index (χ4v) is 3.07. The molecular weight excluding hydrogens is 377 g/mol. The number of fused-ring (bicyclic) bond motifs is 1. The second kappa shape index (κ2) is 7.81. The van der Waals surface area contributed by atoms with Crippen LogP contribution >= 0.6 is 11.6 Å². The summed E-state index contributed by atoms with van der Waals surface area (Å²) in [5.74, 6) is -0.583. The first-order valence-corrected chi connectivity index (χ1v) is 8.00. The van der Waals surface area contributed by atoms with E-state index in [1.165, 1.54) is 4.57 Å². The van der Waals surface area contributed by atoms with Gasteiger partial charge in [0.05, 0.1) is 19.0 Å². The summed E-state index contributed by atoms with van der Waals surface area (Å²) in [4.78, 5) is 24.3. The minimum Gasteiger partial charge on any atom is -1.00 e. The van der Waals surface area contributed by atoms with Gasteiger partial charge in [-0.05, 0) is 55.0 Å². The molecule has 0 amide bonds. The third-order valence-corrected chi connectivity index (χ3v) is 4.42. The highest BCUT2D eigenvalue weighted by Crippen LogP contribution is 2.30. The van der Waals surface area contributed by atoms with E-state index in [9.17, 15) is 14.7 Å². The van der Waals surface area contributed by atoms with Crippen molar-refractivity contribution in [2.24, 2.45) is 0 Å². The van der Waals surface area contributed by atoms with E-state index in [2.05, 4.69) is 0 Å². The molecule has 3 rings (SSSR count). The average molecular weight is 393 g/mol. The number of carboxylic acids is 1. The van der Waals surface area contributed by atoms with Crippen LogP contribution in [0.3, 0.4) is 0 Å². The molecule has 1 N–H and O–H groups in total. The fraction of sp³-hybridized carbons (Fsp3) is 0.158. The van der Waals surface area contributed by atoms with E-state index in [1.54, 1.807) is 56.5 Å². The number of hydrogen-bond acceptors (Lipinski definition) is 3. The van der Waals surface area contributed by atoms with E-state index < -0.39 is 5.97 Å². The van der Waals surface area contributed by atoms with Gasteiger partial charge in [-0.1, -0.05) is 11.6 Å². The summed E-state index contributed by atoms with van der Waals surface area (Å²) in [5.41, 5.74) is 2.32. The summed E-state index contributed by atoms with van der Waals surface area (Å²) in [7, 11) is 1.54. The van der Waals surface area contributed by atoms with Gasteiger partial charge >= 0.3 is 5.97 Å². The fourth-order valence-electron chi connectivity index (χ4n) is 2.95. The van der Waals surface area contributed by atoms with Gasteiger partial charge in [0.2, 0.25) is 0 Å². The van der Waals surface area contributed by atoms with Gasteiger partial charge in [0.1, 0.15) is 5.75 Å². The minimum absolute atomic E-state index is 0. The van der Waals surface area contributed by atoms with Crippen molar-refractivity contribution in [3.63, 3.8) is 0 Å². The second-order valence-corrected chi connectivity index (χ2v) is 6.10. The highest BCUT2D eigenvalue weighted by Gasteiger charge is 2.21.